The molecule has 6 nitrogen and oxygen atoms in total. The van der Waals surface area contributed by atoms with Gasteiger partial charge in [0.05, 0.1) is 6.61 Å². The standard InChI is InChI=1S/C32H36N2O4/c1-23-8-3-12-30(24(23)2)37-21-6-13-31(35)34-20-5-10-28-27(9-4-11-29(28)34)26-16-14-25(15-17-26)22-38-32(36)33-18-7-19-33/h3-4,8-9,11-12,14-17H,5-7,10,13,18-22H2,1-2H3. The SMILES string of the molecule is Cc1cccc(OCCCC(=O)N2CCCc3c(-c4ccc(COC(=O)N5CCC5)cc4)cccc32)c1C. The number of nitrogens with zero attached hydrogens (tertiary/aromatic N) is 2. The smallest absolute Gasteiger partial charge is 0.410 e. The highest BCUT2D eigenvalue weighted by Gasteiger charge is 2.25. The van der Waals surface area contributed by atoms with Gasteiger partial charge in [-0.15, -0.1) is 0 Å². The lowest BCUT2D eigenvalue weighted by Gasteiger charge is -2.31. The number of amides is 2. The maximum absolute atomic E-state index is 13.2. The van der Waals surface area contributed by atoms with Crippen LogP contribution < -0.4 is 9.64 Å². The highest BCUT2D eigenvalue weighted by Crippen LogP contribution is 2.36. The van der Waals surface area contributed by atoms with Gasteiger partial charge >= 0.3 is 6.09 Å². The Morgan fingerprint density at radius 1 is 0.895 bits per heavy atom. The summed E-state index contributed by atoms with van der Waals surface area (Å²) in [6.45, 7) is 7.26. The molecule has 3 aromatic rings. The largest absolute Gasteiger partial charge is 0.493 e. The Hall–Kier alpha value is -3.80. The number of hydrogen-bond donors (Lipinski definition) is 0. The number of hydrogen-bond acceptors (Lipinski definition) is 4. The Labute approximate surface area is 225 Å². The Balaban J connectivity index is 1.20. The van der Waals surface area contributed by atoms with Gasteiger partial charge in [-0.25, -0.2) is 4.79 Å². The monoisotopic (exact) mass is 512 g/mol. The second-order valence-electron chi connectivity index (χ2n) is 10.2. The Bertz CT molecular complexity index is 1300. The average molecular weight is 513 g/mol. The van der Waals surface area contributed by atoms with Gasteiger partial charge in [0.2, 0.25) is 5.91 Å². The van der Waals surface area contributed by atoms with Crippen molar-refractivity contribution < 1.29 is 19.1 Å². The van der Waals surface area contributed by atoms with Crippen LogP contribution in [0.5, 0.6) is 5.75 Å². The van der Waals surface area contributed by atoms with E-state index in [0.717, 1.165) is 72.6 Å². The molecule has 38 heavy (non-hydrogen) atoms. The number of fused-ring (bicyclic) bond motifs is 1. The molecule has 2 aliphatic rings. The molecule has 2 heterocycles. The molecule has 1 fully saturated rings. The molecule has 0 aliphatic carbocycles. The molecule has 2 amide bonds. The predicted octanol–water partition coefficient (Wildman–Crippen LogP) is 6.45. The van der Waals surface area contributed by atoms with Crippen molar-refractivity contribution in [1.29, 1.82) is 0 Å². The molecule has 6 heteroatoms. The number of aryl methyl sites for hydroxylation is 1. The van der Waals surface area contributed by atoms with E-state index >= 15 is 0 Å². The summed E-state index contributed by atoms with van der Waals surface area (Å²) in [5, 5.41) is 0. The van der Waals surface area contributed by atoms with Crippen LogP contribution in [0.3, 0.4) is 0 Å². The molecule has 198 valence electrons. The predicted molar refractivity (Wildman–Crippen MR) is 150 cm³/mol. The van der Waals surface area contributed by atoms with E-state index in [0.29, 0.717) is 19.4 Å². The van der Waals surface area contributed by atoms with E-state index in [2.05, 4.69) is 44.2 Å². The van der Waals surface area contributed by atoms with Crippen molar-refractivity contribution in [3.8, 4) is 16.9 Å². The lowest BCUT2D eigenvalue weighted by molar-refractivity contribution is -0.118. The van der Waals surface area contributed by atoms with Crippen molar-refractivity contribution in [3.63, 3.8) is 0 Å². The van der Waals surface area contributed by atoms with Gasteiger partial charge in [-0.1, -0.05) is 48.5 Å². The molecule has 0 unspecified atom stereocenters. The van der Waals surface area contributed by atoms with Crippen molar-refractivity contribution >= 4 is 17.7 Å². The minimum Gasteiger partial charge on any atom is -0.493 e. The van der Waals surface area contributed by atoms with Gasteiger partial charge < -0.3 is 19.3 Å². The summed E-state index contributed by atoms with van der Waals surface area (Å²) in [5.41, 5.74) is 7.82. The van der Waals surface area contributed by atoms with E-state index in [-0.39, 0.29) is 18.6 Å². The number of ether oxygens (including phenoxy) is 2. The topological polar surface area (TPSA) is 59.1 Å². The maximum atomic E-state index is 13.2. The lowest BCUT2D eigenvalue weighted by Crippen LogP contribution is -2.42. The Morgan fingerprint density at radius 2 is 1.68 bits per heavy atom. The molecular weight excluding hydrogens is 476 g/mol. The van der Waals surface area contributed by atoms with E-state index in [4.69, 9.17) is 9.47 Å². The quantitative estimate of drug-likeness (QED) is 0.326. The highest BCUT2D eigenvalue weighted by molar-refractivity contribution is 5.96. The minimum atomic E-state index is -0.237. The van der Waals surface area contributed by atoms with Gasteiger partial charge in [-0.05, 0) is 85.0 Å². The zero-order valence-electron chi connectivity index (χ0n) is 22.4. The zero-order chi connectivity index (χ0) is 26.5. The van der Waals surface area contributed by atoms with Crippen LogP contribution in [0, 0.1) is 13.8 Å². The first-order chi connectivity index (χ1) is 18.5. The number of likely N-dealkylation sites (tertiary alicyclic amines) is 1. The van der Waals surface area contributed by atoms with E-state index < -0.39 is 0 Å². The number of rotatable bonds is 8. The van der Waals surface area contributed by atoms with Crippen LogP contribution in [0.2, 0.25) is 0 Å². The number of anilines is 1. The molecule has 3 aromatic carbocycles. The third-order valence-corrected chi connectivity index (χ3v) is 7.64. The van der Waals surface area contributed by atoms with Crippen LogP contribution in [0.4, 0.5) is 10.5 Å². The highest BCUT2D eigenvalue weighted by atomic mass is 16.6. The minimum absolute atomic E-state index is 0.145. The molecule has 0 bridgehead atoms. The Kier molecular flexibility index (Phi) is 7.97. The molecule has 0 radical (unpaired) electrons. The summed E-state index contributed by atoms with van der Waals surface area (Å²) < 4.78 is 11.4. The summed E-state index contributed by atoms with van der Waals surface area (Å²) in [5.74, 6) is 1.04. The van der Waals surface area contributed by atoms with E-state index in [1.165, 1.54) is 11.1 Å². The van der Waals surface area contributed by atoms with Crippen molar-refractivity contribution in [2.45, 2.75) is 52.6 Å². The third-order valence-electron chi connectivity index (χ3n) is 7.64. The van der Waals surface area contributed by atoms with Gasteiger partial charge in [-0.2, -0.15) is 0 Å². The first kappa shape index (κ1) is 25.8. The molecular formula is C32H36N2O4. The van der Waals surface area contributed by atoms with Crippen molar-refractivity contribution in [3.05, 3.63) is 82.9 Å². The van der Waals surface area contributed by atoms with Crippen molar-refractivity contribution in [2.75, 3.05) is 31.1 Å². The first-order valence-electron chi connectivity index (χ1n) is 13.6. The van der Waals surface area contributed by atoms with E-state index in [1.54, 1.807) is 4.90 Å². The van der Waals surface area contributed by atoms with E-state index in [1.807, 2.05) is 35.2 Å². The van der Waals surface area contributed by atoms with Crippen molar-refractivity contribution in [1.82, 2.24) is 4.90 Å². The molecule has 0 N–H and O–H groups in total. The van der Waals surface area contributed by atoms with Crippen molar-refractivity contribution in [2.24, 2.45) is 0 Å². The molecule has 0 aromatic heterocycles. The average Bonchev–Trinajstić information content (AvgIpc) is 2.90. The third kappa shape index (κ3) is 5.69. The summed E-state index contributed by atoms with van der Waals surface area (Å²) in [6.07, 6.45) is 3.84. The van der Waals surface area contributed by atoms with Crippen LogP contribution in [0.25, 0.3) is 11.1 Å². The lowest BCUT2D eigenvalue weighted by atomic mass is 9.91. The molecule has 0 spiro atoms. The van der Waals surface area contributed by atoms with Gasteiger partial charge in [0.25, 0.3) is 0 Å². The summed E-state index contributed by atoms with van der Waals surface area (Å²) in [7, 11) is 0. The molecule has 5 rings (SSSR count). The molecule has 2 aliphatic heterocycles. The van der Waals surface area contributed by atoms with Crippen LogP contribution >= 0.6 is 0 Å². The fraction of sp³-hybridized carbons (Fsp3) is 0.375. The van der Waals surface area contributed by atoms with Crippen LogP contribution in [0.15, 0.2) is 60.7 Å². The first-order valence-corrected chi connectivity index (χ1v) is 13.6. The summed E-state index contributed by atoms with van der Waals surface area (Å²) >= 11 is 0. The Morgan fingerprint density at radius 3 is 2.45 bits per heavy atom. The fourth-order valence-electron chi connectivity index (χ4n) is 5.09. The summed E-state index contributed by atoms with van der Waals surface area (Å²) in [4.78, 5) is 28.8. The van der Waals surface area contributed by atoms with Crippen LogP contribution in [-0.4, -0.2) is 43.1 Å². The fourth-order valence-corrected chi connectivity index (χ4v) is 5.09. The van der Waals surface area contributed by atoms with E-state index in [9.17, 15) is 9.59 Å². The van der Waals surface area contributed by atoms with Gasteiger partial charge in [0, 0.05) is 31.7 Å². The zero-order valence-corrected chi connectivity index (χ0v) is 22.4. The van der Waals surface area contributed by atoms with Gasteiger partial charge in [0.15, 0.2) is 0 Å². The number of carbonyl (C=O) groups is 2. The second kappa shape index (κ2) is 11.7. The van der Waals surface area contributed by atoms with Gasteiger partial charge in [-0.3, -0.25) is 4.79 Å². The number of benzene rings is 3. The second-order valence-corrected chi connectivity index (χ2v) is 10.2. The number of carbonyl (C=O) groups excluding carboxylic acids is 2. The molecule has 0 atom stereocenters. The maximum Gasteiger partial charge on any atom is 0.410 e. The van der Waals surface area contributed by atoms with Crippen LogP contribution in [-0.2, 0) is 22.6 Å². The van der Waals surface area contributed by atoms with Crippen LogP contribution in [0.1, 0.15) is 47.9 Å². The summed E-state index contributed by atoms with van der Waals surface area (Å²) in [6, 6.07) is 20.5. The molecule has 0 saturated carbocycles. The van der Waals surface area contributed by atoms with Gasteiger partial charge in [0.1, 0.15) is 12.4 Å². The normalized spacial score (nSPS) is 14.5. The molecule has 1 saturated heterocycles.